The Hall–Kier alpha value is -1.32. The van der Waals surface area contributed by atoms with Gasteiger partial charge < -0.3 is 10.1 Å². The fourth-order valence-corrected chi connectivity index (χ4v) is 3.56. The quantitative estimate of drug-likeness (QED) is 0.856. The maximum absolute atomic E-state index is 5.83. The third-order valence-electron chi connectivity index (χ3n) is 4.13. The lowest BCUT2D eigenvalue weighted by atomic mass is 9.91. The van der Waals surface area contributed by atoms with Gasteiger partial charge in [0, 0.05) is 28.0 Å². The van der Waals surface area contributed by atoms with Crippen LogP contribution in [0, 0.1) is 5.92 Å². The smallest absolute Gasteiger partial charge is 0.124 e. The molecule has 2 aromatic rings. The molecule has 3 heteroatoms. The van der Waals surface area contributed by atoms with Crippen molar-refractivity contribution in [2.45, 2.75) is 25.9 Å². The molecular formula is C18H20BrNO. The van der Waals surface area contributed by atoms with Crippen molar-refractivity contribution in [3.05, 3.63) is 64.1 Å². The first-order valence-corrected chi connectivity index (χ1v) is 8.18. The topological polar surface area (TPSA) is 21.3 Å². The summed E-state index contributed by atoms with van der Waals surface area (Å²) < 4.78 is 6.98. The number of para-hydroxylation sites is 1. The van der Waals surface area contributed by atoms with Crippen molar-refractivity contribution in [2.75, 3.05) is 6.61 Å². The molecule has 0 aliphatic carbocycles. The SMILES string of the molecule is CC1COc2ccccc2C1N[C@H](C)c1ccccc1Br. The summed E-state index contributed by atoms with van der Waals surface area (Å²) in [5, 5.41) is 3.77. The Kier molecular flexibility index (Phi) is 4.32. The lowest BCUT2D eigenvalue weighted by Gasteiger charge is -2.34. The van der Waals surface area contributed by atoms with Gasteiger partial charge in [0.15, 0.2) is 0 Å². The van der Waals surface area contributed by atoms with E-state index in [2.05, 4.69) is 71.5 Å². The highest BCUT2D eigenvalue weighted by Gasteiger charge is 2.29. The van der Waals surface area contributed by atoms with Gasteiger partial charge in [0.05, 0.1) is 6.61 Å². The molecule has 1 N–H and O–H groups in total. The first kappa shape index (κ1) is 14.6. The molecule has 0 bridgehead atoms. The molecule has 1 aliphatic heterocycles. The standard InChI is InChI=1S/C18H20BrNO/c1-12-11-21-17-10-6-4-8-15(17)18(12)20-13(2)14-7-3-5-9-16(14)19/h3-10,12-13,18,20H,11H2,1-2H3/t12?,13-,18?/m1/s1. The van der Waals surface area contributed by atoms with Crippen LogP contribution in [0.5, 0.6) is 5.75 Å². The van der Waals surface area contributed by atoms with E-state index in [4.69, 9.17) is 4.74 Å². The fraction of sp³-hybridized carbons (Fsp3) is 0.333. The van der Waals surface area contributed by atoms with Crippen LogP contribution in [0.1, 0.15) is 37.1 Å². The van der Waals surface area contributed by atoms with Gasteiger partial charge in [-0.3, -0.25) is 0 Å². The summed E-state index contributed by atoms with van der Waals surface area (Å²) in [6, 6.07) is 17.3. The average Bonchev–Trinajstić information content (AvgIpc) is 2.50. The van der Waals surface area contributed by atoms with Crippen LogP contribution < -0.4 is 10.1 Å². The molecular weight excluding hydrogens is 326 g/mol. The van der Waals surface area contributed by atoms with E-state index in [1.165, 1.54) is 11.1 Å². The third kappa shape index (κ3) is 2.99. The Labute approximate surface area is 134 Å². The fourth-order valence-electron chi connectivity index (χ4n) is 2.93. The Morgan fingerprint density at radius 3 is 2.67 bits per heavy atom. The predicted molar refractivity (Wildman–Crippen MR) is 89.5 cm³/mol. The van der Waals surface area contributed by atoms with Crippen LogP contribution in [0.4, 0.5) is 0 Å². The van der Waals surface area contributed by atoms with Gasteiger partial charge in [-0.25, -0.2) is 0 Å². The van der Waals surface area contributed by atoms with E-state index in [1.807, 2.05) is 12.1 Å². The van der Waals surface area contributed by atoms with Gasteiger partial charge in [0.25, 0.3) is 0 Å². The summed E-state index contributed by atoms with van der Waals surface area (Å²) in [5.74, 6) is 1.46. The summed E-state index contributed by atoms with van der Waals surface area (Å²) in [4.78, 5) is 0. The van der Waals surface area contributed by atoms with E-state index in [0.717, 1.165) is 16.8 Å². The highest BCUT2D eigenvalue weighted by molar-refractivity contribution is 9.10. The Bertz CT molecular complexity index is 628. The van der Waals surface area contributed by atoms with Gasteiger partial charge in [0.2, 0.25) is 0 Å². The number of hydrogen-bond acceptors (Lipinski definition) is 2. The van der Waals surface area contributed by atoms with Crippen molar-refractivity contribution in [1.29, 1.82) is 0 Å². The molecule has 0 spiro atoms. The van der Waals surface area contributed by atoms with Gasteiger partial charge in [-0.1, -0.05) is 59.3 Å². The van der Waals surface area contributed by atoms with E-state index in [9.17, 15) is 0 Å². The maximum atomic E-state index is 5.83. The second-order valence-corrected chi connectivity index (χ2v) is 6.57. The number of nitrogens with one attached hydrogen (secondary N) is 1. The first-order chi connectivity index (χ1) is 10.2. The molecule has 0 aromatic heterocycles. The minimum absolute atomic E-state index is 0.277. The summed E-state index contributed by atoms with van der Waals surface area (Å²) in [6.07, 6.45) is 0. The number of hydrogen-bond donors (Lipinski definition) is 1. The van der Waals surface area contributed by atoms with E-state index >= 15 is 0 Å². The second kappa shape index (κ2) is 6.20. The molecule has 110 valence electrons. The Morgan fingerprint density at radius 1 is 1.14 bits per heavy atom. The molecule has 1 aliphatic rings. The Balaban J connectivity index is 1.86. The highest BCUT2D eigenvalue weighted by atomic mass is 79.9. The number of halogens is 1. The van der Waals surface area contributed by atoms with Crippen molar-refractivity contribution in [1.82, 2.24) is 5.32 Å². The summed E-state index contributed by atoms with van der Waals surface area (Å²) >= 11 is 3.64. The molecule has 2 nitrogen and oxygen atoms in total. The molecule has 3 atom stereocenters. The first-order valence-electron chi connectivity index (χ1n) is 7.39. The van der Waals surface area contributed by atoms with Crippen molar-refractivity contribution >= 4 is 15.9 Å². The molecule has 0 saturated heterocycles. The molecule has 1 heterocycles. The van der Waals surface area contributed by atoms with Crippen LogP contribution in [-0.4, -0.2) is 6.61 Å². The molecule has 0 amide bonds. The molecule has 2 unspecified atom stereocenters. The van der Waals surface area contributed by atoms with Crippen molar-refractivity contribution < 1.29 is 4.74 Å². The average molecular weight is 346 g/mol. The van der Waals surface area contributed by atoms with Crippen LogP contribution in [0.15, 0.2) is 53.0 Å². The van der Waals surface area contributed by atoms with Gasteiger partial charge in [-0.15, -0.1) is 0 Å². The van der Waals surface area contributed by atoms with E-state index < -0.39 is 0 Å². The molecule has 0 fully saturated rings. The van der Waals surface area contributed by atoms with Crippen molar-refractivity contribution in [3.8, 4) is 5.75 Å². The van der Waals surface area contributed by atoms with E-state index in [-0.39, 0.29) is 6.04 Å². The second-order valence-electron chi connectivity index (χ2n) is 5.71. The largest absolute Gasteiger partial charge is 0.493 e. The molecule has 0 radical (unpaired) electrons. The van der Waals surface area contributed by atoms with Gasteiger partial charge in [-0.2, -0.15) is 0 Å². The summed E-state index contributed by atoms with van der Waals surface area (Å²) in [6.45, 7) is 5.21. The van der Waals surface area contributed by atoms with Gasteiger partial charge in [0.1, 0.15) is 5.75 Å². The van der Waals surface area contributed by atoms with Crippen molar-refractivity contribution in [2.24, 2.45) is 5.92 Å². The van der Waals surface area contributed by atoms with Crippen LogP contribution >= 0.6 is 15.9 Å². The maximum Gasteiger partial charge on any atom is 0.124 e. The van der Waals surface area contributed by atoms with Crippen LogP contribution in [0.3, 0.4) is 0 Å². The normalized spacial score (nSPS) is 22.2. The zero-order chi connectivity index (χ0) is 14.8. The van der Waals surface area contributed by atoms with Crippen LogP contribution in [-0.2, 0) is 0 Å². The molecule has 21 heavy (non-hydrogen) atoms. The Morgan fingerprint density at radius 2 is 1.86 bits per heavy atom. The summed E-state index contributed by atoms with van der Waals surface area (Å²) in [7, 11) is 0. The molecule has 3 rings (SSSR count). The number of fused-ring (bicyclic) bond motifs is 1. The highest BCUT2D eigenvalue weighted by Crippen LogP contribution is 2.37. The number of rotatable bonds is 3. The third-order valence-corrected chi connectivity index (χ3v) is 4.85. The minimum atomic E-state index is 0.277. The predicted octanol–water partition coefficient (Wildman–Crippen LogP) is 4.87. The lowest BCUT2D eigenvalue weighted by Crippen LogP contribution is -2.35. The van der Waals surface area contributed by atoms with E-state index in [0.29, 0.717) is 12.0 Å². The zero-order valence-corrected chi connectivity index (χ0v) is 13.9. The van der Waals surface area contributed by atoms with Crippen molar-refractivity contribution in [3.63, 3.8) is 0 Å². The monoisotopic (exact) mass is 345 g/mol. The van der Waals surface area contributed by atoms with Crippen LogP contribution in [0.2, 0.25) is 0 Å². The van der Waals surface area contributed by atoms with Crippen LogP contribution in [0.25, 0.3) is 0 Å². The van der Waals surface area contributed by atoms with E-state index in [1.54, 1.807) is 0 Å². The minimum Gasteiger partial charge on any atom is -0.493 e. The van der Waals surface area contributed by atoms with Gasteiger partial charge in [-0.05, 0) is 24.6 Å². The zero-order valence-electron chi connectivity index (χ0n) is 12.3. The van der Waals surface area contributed by atoms with Gasteiger partial charge >= 0.3 is 0 Å². The summed E-state index contributed by atoms with van der Waals surface area (Å²) in [5.41, 5.74) is 2.55. The number of benzene rings is 2. The molecule has 2 aromatic carbocycles. The molecule has 0 saturated carbocycles. The lowest BCUT2D eigenvalue weighted by molar-refractivity contribution is 0.182. The number of ether oxygens (including phenoxy) is 1.